The molecule has 0 aromatic carbocycles. The zero-order valence-electron chi connectivity index (χ0n) is 6.04. The molecule has 0 N–H and O–H groups in total. The van der Waals surface area contributed by atoms with E-state index in [9.17, 15) is 0 Å². The van der Waals surface area contributed by atoms with E-state index in [1.54, 1.807) is 0 Å². The van der Waals surface area contributed by atoms with Crippen LogP contribution in [0.3, 0.4) is 0 Å². The third-order valence-electron chi connectivity index (χ3n) is 1.53. The Kier molecular flexibility index (Phi) is 4.22. The third kappa shape index (κ3) is 2.08. The second-order valence-electron chi connectivity index (χ2n) is 2.22. The van der Waals surface area contributed by atoms with Crippen LogP contribution in [-0.2, 0) is 16.5 Å². The van der Waals surface area contributed by atoms with Gasteiger partial charge in [-0.1, -0.05) is 13.0 Å². The summed E-state index contributed by atoms with van der Waals surface area (Å²) in [6.07, 6.45) is 9.30. The van der Waals surface area contributed by atoms with Crippen molar-refractivity contribution < 1.29 is 16.5 Å². The van der Waals surface area contributed by atoms with Crippen LogP contribution in [-0.4, -0.2) is 0 Å². The van der Waals surface area contributed by atoms with Crippen molar-refractivity contribution in [3.05, 3.63) is 42.4 Å². The van der Waals surface area contributed by atoms with Gasteiger partial charge in [-0.3, -0.25) is 0 Å². The summed E-state index contributed by atoms with van der Waals surface area (Å²) >= 11 is 0. The summed E-state index contributed by atoms with van der Waals surface area (Å²) in [6.45, 7) is 5.76. The van der Waals surface area contributed by atoms with Crippen molar-refractivity contribution in [2.75, 3.05) is 0 Å². The molecule has 0 bridgehead atoms. The molecule has 0 heterocycles. The van der Waals surface area contributed by atoms with E-state index in [1.165, 1.54) is 11.1 Å². The van der Waals surface area contributed by atoms with Crippen LogP contribution in [0, 0.1) is 6.42 Å². The van der Waals surface area contributed by atoms with Crippen molar-refractivity contribution in [3.8, 4) is 0 Å². The van der Waals surface area contributed by atoms with Crippen LogP contribution in [0.1, 0.15) is 13.3 Å². The minimum Gasteiger partial charge on any atom is -0.194 e. The van der Waals surface area contributed by atoms with Crippen LogP contribution in [0.4, 0.5) is 0 Å². The zero-order chi connectivity index (χ0) is 6.69. The number of hydrogen-bond acceptors (Lipinski definition) is 0. The summed E-state index contributed by atoms with van der Waals surface area (Å²) in [5.41, 5.74) is 2.76. The molecular weight excluding hydrogens is 167 g/mol. The topological polar surface area (TPSA) is 0 Å². The van der Waals surface area contributed by atoms with E-state index in [1.807, 2.05) is 6.08 Å². The van der Waals surface area contributed by atoms with Crippen molar-refractivity contribution in [1.82, 2.24) is 0 Å². The Morgan fingerprint density at radius 3 is 2.80 bits per heavy atom. The maximum Gasteiger partial charge on any atom is 0 e. The van der Waals surface area contributed by atoms with Crippen molar-refractivity contribution in [2.45, 2.75) is 13.3 Å². The molecule has 0 aromatic heterocycles. The van der Waals surface area contributed by atoms with Crippen LogP contribution in [0.2, 0.25) is 0 Å². The molecule has 10 heavy (non-hydrogen) atoms. The smallest absolute Gasteiger partial charge is 0 e. The SMILES string of the molecule is C=C[CH-]C1=C(C)C=CC1.[Ni]. The number of rotatable bonds is 2. The molecule has 0 nitrogen and oxygen atoms in total. The standard InChI is InChI=1S/C9H11.Ni/c1-3-5-9-7-4-6-8(9)2;/h3-6H,1,7H2,2H3;/q-1;. The molecule has 0 spiro atoms. The first kappa shape index (κ1) is 9.58. The molecule has 0 atom stereocenters. The van der Waals surface area contributed by atoms with Gasteiger partial charge in [0, 0.05) is 16.5 Å². The fourth-order valence-corrected chi connectivity index (χ4v) is 0.972. The van der Waals surface area contributed by atoms with Crippen LogP contribution >= 0.6 is 0 Å². The van der Waals surface area contributed by atoms with E-state index in [-0.39, 0.29) is 16.5 Å². The second-order valence-corrected chi connectivity index (χ2v) is 2.22. The Morgan fingerprint density at radius 1 is 1.70 bits per heavy atom. The second kappa shape index (κ2) is 4.41. The fraction of sp³-hybridized carbons (Fsp3) is 0.222. The molecule has 58 valence electrons. The summed E-state index contributed by atoms with van der Waals surface area (Å²) in [6, 6.07) is 0. The van der Waals surface area contributed by atoms with Gasteiger partial charge < -0.3 is 0 Å². The van der Waals surface area contributed by atoms with Gasteiger partial charge in [0.2, 0.25) is 0 Å². The Bertz CT molecular complexity index is 175. The molecular formula is C9H11Ni-. The summed E-state index contributed by atoms with van der Waals surface area (Å²) in [5.74, 6) is 0. The van der Waals surface area contributed by atoms with Gasteiger partial charge in [-0.05, 0) is 6.42 Å². The molecule has 1 rings (SSSR count). The van der Waals surface area contributed by atoms with Gasteiger partial charge in [0.1, 0.15) is 0 Å². The van der Waals surface area contributed by atoms with Crippen molar-refractivity contribution in [3.63, 3.8) is 0 Å². The van der Waals surface area contributed by atoms with E-state index in [0.717, 1.165) is 6.42 Å². The number of allylic oxidation sites excluding steroid dienone is 5. The summed E-state index contributed by atoms with van der Waals surface area (Å²) in [4.78, 5) is 0. The molecule has 0 amide bonds. The van der Waals surface area contributed by atoms with Crippen LogP contribution in [0.5, 0.6) is 0 Å². The Morgan fingerprint density at radius 2 is 2.40 bits per heavy atom. The molecule has 0 unspecified atom stereocenters. The summed E-state index contributed by atoms with van der Waals surface area (Å²) < 4.78 is 0. The first-order valence-electron chi connectivity index (χ1n) is 3.16. The largest absolute Gasteiger partial charge is 0.194 e. The Hall–Kier alpha value is -0.416. The first-order chi connectivity index (χ1) is 4.34. The maximum atomic E-state index is 3.64. The summed E-state index contributed by atoms with van der Waals surface area (Å²) in [5, 5.41) is 0. The molecule has 0 aromatic rings. The van der Waals surface area contributed by atoms with E-state index in [2.05, 4.69) is 32.1 Å². The van der Waals surface area contributed by atoms with E-state index in [4.69, 9.17) is 0 Å². The van der Waals surface area contributed by atoms with Gasteiger partial charge in [-0.25, -0.2) is 0 Å². The van der Waals surface area contributed by atoms with Gasteiger partial charge in [-0.2, -0.15) is 24.6 Å². The Balaban J connectivity index is 0.000000810. The fourth-order valence-electron chi connectivity index (χ4n) is 0.972. The monoisotopic (exact) mass is 177 g/mol. The van der Waals surface area contributed by atoms with E-state index < -0.39 is 0 Å². The predicted molar refractivity (Wildman–Crippen MR) is 41.0 cm³/mol. The zero-order valence-corrected chi connectivity index (χ0v) is 7.03. The van der Waals surface area contributed by atoms with Gasteiger partial charge >= 0.3 is 0 Å². The minimum absolute atomic E-state index is 0. The molecule has 0 aliphatic heterocycles. The number of hydrogen-bond donors (Lipinski definition) is 0. The molecule has 1 aliphatic carbocycles. The maximum absolute atomic E-state index is 3.64. The summed E-state index contributed by atoms with van der Waals surface area (Å²) in [7, 11) is 0. The van der Waals surface area contributed by atoms with Crippen molar-refractivity contribution in [2.24, 2.45) is 0 Å². The van der Waals surface area contributed by atoms with Gasteiger partial charge in [0.15, 0.2) is 0 Å². The van der Waals surface area contributed by atoms with Crippen LogP contribution in [0.25, 0.3) is 0 Å². The van der Waals surface area contributed by atoms with E-state index >= 15 is 0 Å². The molecule has 0 saturated carbocycles. The average molecular weight is 178 g/mol. The van der Waals surface area contributed by atoms with Gasteiger partial charge in [0.05, 0.1) is 0 Å². The van der Waals surface area contributed by atoms with Gasteiger partial charge in [-0.15, -0.1) is 11.6 Å². The van der Waals surface area contributed by atoms with Crippen LogP contribution < -0.4 is 0 Å². The van der Waals surface area contributed by atoms with Crippen molar-refractivity contribution in [1.29, 1.82) is 0 Å². The quantitative estimate of drug-likeness (QED) is 0.450. The molecule has 0 fully saturated rings. The molecule has 1 heteroatoms. The Labute approximate surface area is 72.6 Å². The first-order valence-corrected chi connectivity index (χ1v) is 3.16. The predicted octanol–water partition coefficient (Wildman–Crippen LogP) is 2.65. The molecule has 0 saturated heterocycles. The van der Waals surface area contributed by atoms with E-state index in [0.29, 0.717) is 0 Å². The molecule has 1 aliphatic rings. The van der Waals surface area contributed by atoms with Crippen molar-refractivity contribution >= 4 is 0 Å². The molecule has 0 radical (unpaired) electrons. The van der Waals surface area contributed by atoms with Gasteiger partial charge in [0.25, 0.3) is 0 Å². The third-order valence-corrected chi connectivity index (χ3v) is 1.53. The average Bonchev–Trinajstić information content (AvgIpc) is 2.18. The minimum atomic E-state index is 0. The normalized spacial score (nSPS) is 14.9. The van der Waals surface area contributed by atoms with Crippen LogP contribution in [0.15, 0.2) is 36.0 Å².